The minimum absolute atomic E-state index is 0. The van der Waals surface area contributed by atoms with Crippen molar-refractivity contribution in [3.63, 3.8) is 0 Å². The lowest BCUT2D eigenvalue weighted by molar-refractivity contribution is -0.135. The van der Waals surface area contributed by atoms with Gasteiger partial charge in [-0.25, -0.2) is 4.79 Å². The number of nitrogens with zero attached hydrogens (tertiary/aromatic N) is 1. The zero-order valence-corrected chi connectivity index (χ0v) is 30.0. The predicted molar refractivity (Wildman–Crippen MR) is 194 cm³/mol. The zero-order chi connectivity index (χ0) is 35.0. The highest BCUT2D eigenvalue weighted by atomic mass is 35.5. The second-order valence-corrected chi connectivity index (χ2v) is 14.3. The molecular formula is C37H51ClN6O6. The number of anilines is 2. The van der Waals surface area contributed by atoms with E-state index in [0.29, 0.717) is 50.6 Å². The monoisotopic (exact) mass is 710 g/mol. The van der Waals surface area contributed by atoms with E-state index in [9.17, 15) is 24.0 Å². The van der Waals surface area contributed by atoms with E-state index in [0.717, 1.165) is 50.1 Å². The van der Waals surface area contributed by atoms with E-state index >= 15 is 0 Å². The van der Waals surface area contributed by atoms with Crippen LogP contribution in [-0.2, 0) is 23.9 Å². The van der Waals surface area contributed by atoms with Crippen LogP contribution in [0.2, 0.25) is 0 Å². The fraction of sp³-hybridized carbons (Fsp3) is 0.541. The largest absolute Gasteiger partial charge is 0.444 e. The minimum atomic E-state index is -0.482. The van der Waals surface area contributed by atoms with Crippen molar-refractivity contribution in [2.75, 3.05) is 36.8 Å². The van der Waals surface area contributed by atoms with Gasteiger partial charge < -0.3 is 25.6 Å². The van der Waals surface area contributed by atoms with Crippen LogP contribution in [0.1, 0.15) is 95.1 Å². The second-order valence-electron chi connectivity index (χ2n) is 14.3. The van der Waals surface area contributed by atoms with E-state index in [1.807, 2.05) is 45.0 Å². The molecule has 4 heterocycles. The summed E-state index contributed by atoms with van der Waals surface area (Å²) >= 11 is 0. The Morgan fingerprint density at radius 2 is 1.18 bits per heavy atom. The molecule has 2 aromatic rings. The molecule has 5 N–H and O–H groups in total. The summed E-state index contributed by atoms with van der Waals surface area (Å²) in [6.07, 6.45) is 5.63. The number of likely N-dealkylation sites (tertiary alicyclic amines) is 1. The molecule has 4 aliphatic heterocycles. The first kappa shape index (κ1) is 38.6. The molecule has 0 bridgehead atoms. The molecule has 0 aromatic heterocycles. The maximum atomic E-state index is 12.2. The van der Waals surface area contributed by atoms with E-state index in [-0.39, 0.29) is 54.2 Å². The third-order valence-corrected chi connectivity index (χ3v) is 9.36. The molecule has 0 aliphatic carbocycles. The minimum Gasteiger partial charge on any atom is -0.444 e. The molecule has 0 saturated carbocycles. The molecule has 4 saturated heterocycles. The Morgan fingerprint density at radius 3 is 1.62 bits per heavy atom. The summed E-state index contributed by atoms with van der Waals surface area (Å²) in [4.78, 5) is 60.2. The lowest BCUT2D eigenvalue weighted by atomic mass is 9.89. The number of ether oxygens (including phenoxy) is 1. The second kappa shape index (κ2) is 17.7. The zero-order valence-electron chi connectivity index (χ0n) is 29.2. The number of nitrogens with one attached hydrogen (secondary N) is 5. The Balaban J connectivity index is 0.000000229. The summed E-state index contributed by atoms with van der Waals surface area (Å²) < 4.78 is 5.45. The van der Waals surface area contributed by atoms with Crippen molar-refractivity contribution in [1.29, 1.82) is 0 Å². The average Bonchev–Trinajstić information content (AvgIpc) is 3.08. The van der Waals surface area contributed by atoms with E-state index in [1.54, 1.807) is 4.90 Å². The van der Waals surface area contributed by atoms with Gasteiger partial charge in [0, 0.05) is 37.3 Å². The first-order valence-electron chi connectivity index (χ1n) is 17.5. The molecule has 13 heteroatoms. The van der Waals surface area contributed by atoms with E-state index in [2.05, 4.69) is 50.8 Å². The van der Waals surface area contributed by atoms with Crippen LogP contribution in [0.25, 0.3) is 0 Å². The van der Waals surface area contributed by atoms with Crippen LogP contribution in [0.3, 0.4) is 0 Å². The lowest BCUT2D eigenvalue weighted by Crippen LogP contribution is -2.47. The topological polar surface area (TPSA) is 158 Å². The Kier molecular flexibility index (Phi) is 13.7. The number of amides is 5. The number of carbonyl (C=O) groups excluding carboxylic acids is 5. The van der Waals surface area contributed by atoms with Gasteiger partial charge in [-0.1, -0.05) is 24.3 Å². The molecular weight excluding hydrogens is 660 g/mol. The number of hydrogen-bond acceptors (Lipinski definition) is 9. The third-order valence-electron chi connectivity index (χ3n) is 9.36. The van der Waals surface area contributed by atoms with Crippen LogP contribution in [0.15, 0.2) is 48.5 Å². The SMILES string of the molecule is CC(C)(C)OC(=O)N1CCC(c2cccc(NC3CCC(=O)NC3=O)c2)CC1.Cl.O=C1CCC(Nc2cccc(C3CCNCC3)c2)C(=O)N1. The number of piperidine rings is 4. The quantitative estimate of drug-likeness (QED) is 0.266. The summed E-state index contributed by atoms with van der Waals surface area (Å²) in [5.41, 5.74) is 3.88. The van der Waals surface area contributed by atoms with Gasteiger partial charge in [0.2, 0.25) is 23.6 Å². The highest BCUT2D eigenvalue weighted by Gasteiger charge is 2.29. The first-order chi connectivity index (χ1) is 23.4. The smallest absolute Gasteiger partial charge is 0.410 e. The molecule has 2 aromatic carbocycles. The van der Waals surface area contributed by atoms with Crippen LogP contribution < -0.4 is 26.6 Å². The number of rotatable bonds is 6. The van der Waals surface area contributed by atoms with Crippen LogP contribution in [0.5, 0.6) is 0 Å². The summed E-state index contributed by atoms with van der Waals surface area (Å²) in [7, 11) is 0. The van der Waals surface area contributed by atoms with E-state index < -0.39 is 5.60 Å². The van der Waals surface area contributed by atoms with Crippen molar-refractivity contribution in [3.05, 3.63) is 59.7 Å². The van der Waals surface area contributed by atoms with Gasteiger partial charge in [0.1, 0.15) is 17.7 Å². The average molecular weight is 711 g/mol. The van der Waals surface area contributed by atoms with Crippen molar-refractivity contribution in [1.82, 2.24) is 20.9 Å². The number of benzene rings is 2. The van der Waals surface area contributed by atoms with Gasteiger partial charge in [-0.3, -0.25) is 29.8 Å². The molecule has 4 fully saturated rings. The Morgan fingerprint density at radius 1 is 0.720 bits per heavy atom. The number of halogens is 1. The van der Waals surface area contributed by atoms with Gasteiger partial charge in [0.15, 0.2) is 0 Å². The summed E-state index contributed by atoms with van der Waals surface area (Å²) in [6.45, 7) is 9.09. The first-order valence-corrected chi connectivity index (χ1v) is 17.5. The molecule has 0 spiro atoms. The highest BCUT2D eigenvalue weighted by Crippen LogP contribution is 2.31. The number of hydrogen-bond donors (Lipinski definition) is 5. The van der Waals surface area contributed by atoms with Crippen LogP contribution in [0, 0.1) is 0 Å². The van der Waals surface area contributed by atoms with Gasteiger partial charge in [-0.15, -0.1) is 12.4 Å². The Bertz CT molecular complexity index is 1520. The third kappa shape index (κ3) is 11.2. The van der Waals surface area contributed by atoms with Gasteiger partial charge in [-0.2, -0.15) is 0 Å². The Labute approximate surface area is 300 Å². The molecule has 5 amide bonds. The van der Waals surface area contributed by atoms with E-state index in [4.69, 9.17) is 4.74 Å². The normalized spacial score (nSPS) is 21.9. The van der Waals surface area contributed by atoms with Gasteiger partial charge >= 0.3 is 6.09 Å². The maximum Gasteiger partial charge on any atom is 0.410 e. The Hall–Kier alpha value is -4.16. The number of imide groups is 2. The van der Waals surface area contributed by atoms with Crippen LogP contribution in [-0.4, -0.2) is 78.5 Å². The molecule has 272 valence electrons. The molecule has 6 rings (SSSR count). The lowest BCUT2D eigenvalue weighted by Gasteiger charge is -2.33. The fourth-order valence-electron chi connectivity index (χ4n) is 6.71. The summed E-state index contributed by atoms with van der Waals surface area (Å²) in [5, 5.41) is 14.6. The highest BCUT2D eigenvalue weighted by molar-refractivity contribution is 6.02. The summed E-state index contributed by atoms with van der Waals surface area (Å²) in [6, 6.07) is 15.7. The van der Waals surface area contributed by atoms with Crippen molar-refractivity contribution in [3.8, 4) is 0 Å². The van der Waals surface area contributed by atoms with Crippen LogP contribution >= 0.6 is 12.4 Å². The molecule has 4 aliphatic rings. The predicted octanol–water partition coefficient (Wildman–Crippen LogP) is 4.81. The van der Waals surface area contributed by atoms with Gasteiger partial charge in [-0.05, 0) is 120 Å². The van der Waals surface area contributed by atoms with Crippen molar-refractivity contribution in [2.45, 2.75) is 102 Å². The summed E-state index contributed by atoms with van der Waals surface area (Å²) in [5.74, 6) is 0.0675. The van der Waals surface area contributed by atoms with Crippen molar-refractivity contribution in [2.24, 2.45) is 0 Å². The van der Waals surface area contributed by atoms with Crippen molar-refractivity contribution < 1.29 is 28.7 Å². The molecule has 12 nitrogen and oxygen atoms in total. The fourth-order valence-corrected chi connectivity index (χ4v) is 6.71. The maximum absolute atomic E-state index is 12.2. The molecule has 2 atom stereocenters. The van der Waals surface area contributed by atoms with E-state index in [1.165, 1.54) is 11.1 Å². The molecule has 2 unspecified atom stereocenters. The standard InChI is InChI=1S/C21H29N3O4.C16H21N3O2.ClH/c1-21(2,3)28-20(27)24-11-9-14(10-12-24)15-5-4-6-16(13-15)22-17-7-8-18(25)23-19(17)26;20-15-5-4-14(16(21)19-15)18-13-3-1-2-12(10-13)11-6-8-17-9-7-11;/h4-6,13-14,17,22H,7-12H2,1-3H3,(H,23,25,26);1-3,10-11,14,17-18H,4-9H2,(H,19,20,21);1H. The van der Waals surface area contributed by atoms with Crippen LogP contribution in [0.4, 0.5) is 16.2 Å². The molecule has 0 radical (unpaired) electrons. The molecule has 50 heavy (non-hydrogen) atoms. The van der Waals surface area contributed by atoms with Crippen molar-refractivity contribution >= 4 is 53.5 Å². The van der Waals surface area contributed by atoms with Gasteiger partial charge in [0.25, 0.3) is 0 Å². The van der Waals surface area contributed by atoms with Gasteiger partial charge in [0.05, 0.1) is 0 Å². The number of carbonyl (C=O) groups is 5.